The van der Waals surface area contributed by atoms with E-state index in [0.717, 1.165) is 22.4 Å². The number of nitrogens with zero attached hydrogens (tertiary/aromatic N) is 2. The second-order valence-corrected chi connectivity index (χ2v) is 6.16. The van der Waals surface area contributed by atoms with Gasteiger partial charge in [0.2, 0.25) is 0 Å². The summed E-state index contributed by atoms with van der Waals surface area (Å²) in [5.74, 6) is 0.464. The summed E-state index contributed by atoms with van der Waals surface area (Å²) >= 11 is 0. The van der Waals surface area contributed by atoms with E-state index in [0.29, 0.717) is 24.3 Å². The number of para-hydroxylation sites is 1. The largest absolute Gasteiger partial charge is 0.493 e. The molecule has 0 radical (unpaired) electrons. The van der Waals surface area contributed by atoms with Crippen molar-refractivity contribution in [2.24, 2.45) is 0 Å². The third kappa shape index (κ3) is 3.33. The van der Waals surface area contributed by atoms with Gasteiger partial charge in [-0.25, -0.2) is 14.2 Å². The number of benzene rings is 2. The number of H-pyrrole nitrogens is 1. The van der Waals surface area contributed by atoms with Gasteiger partial charge in [0.25, 0.3) is 0 Å². The summed E-state index contributed by atoms with van der Waals surface area (Å²) in [6, 6.07) is 15.8. The quantitative estimate of drug-likeness (QED) is 0.583. The average molecular weight is 363 g/mol. The molecule has 27 heavy (non-hydrogen) atoms. The number of pyridine rings is 1. The molecule has 0 bridgehead atoms. The van der Waals surface area contributed by atoms with Gasteiger partial charge in [-0.2, -0.15) is 0 Å². The van der Waals surface area contributed by atoms with Crippen molar-refractivity contribution in [3.8, 4) is 16.9 Å². The molecule has 0 spiro atoms. The molecule has 6 heteroatoms. The van der Waals surface area contributed by atoms with Crippen molar-refractivity contribution >= 4 is 11.2 Å². The number of halogens is 1. The number of imidazole rings is 1. The lowest BCUT2D eigenvalue weighted by molar-refractivity contribution is 0.341. The number of aromatic amines is 1. The zero-order valence-electron chi connectivity index (χ0n) is 14.8. The molecule has 2 heterocycles. The van der Waals surface area contributed by atoms with Crippen molar-refractivity contribution in [3.63, 3.8) is 0 Å². The highest BCUT2D eigenvalue weighted by Crippen LogP contribution is 2.30. The SMILES string of the molecule is CCOc1ccccc1-c1cnc2[nH]c(=O)n(Cc3ccc(F)cc3)c2c1. The highest BCUT2D eigenvalue weighted by Gasteiger charge is 2.12. The van der Waals surface area contributed by atoms with Crippen molar-refractivity contribution in [1.29, 1.82) is 0 Å². The fourth-order valence-electron chi connectivity index (χ4n) is 3.10. The van der Waals surface area contributed by atoms with Crippen LogP contribution in [0.1, 0.15) is 12.5 Å². The summed E-state index contributed by atoms with van der Waals surface area (Å²) in [4.78, 5) is 19.6. The van der Waals surface area contributed by atoms with Gasteiger partial charge in [0.05, 0.1) is 18.7 Å². The average Bonchev–Trinajstić information content (AvgIpc) is 2.99. The van der Waals surface area contributed by atoms with Crippen LogP contribution in [0.5, 0.6) is 5.75 Å². The van der Waals surface area contributed by atoms with Crippen LogP contribution in [0.15, 0.2) is 65.6 Å². The second kappa shape index (κ2) is 7.07. The molecule has 0 saturated heterocycles. The standard InChI is InChI=1S/C21H18FN3O2/c1-2-27-19-6-4-3-5-17(19)15-11-18-20(23-12-15)24-21(26)25(18)13-14-7-9-16(22)10-8-14/h3-12H,2,13H2,1H3,(H,23,24,26). The lowest BCUT2D eigenvalue weighted by Gasteiger charge is -2.10. The van der Waals surface area contributed by atoms with Gasteiger partial charge in [0, 0.05) is 17.3 Å². The summed E-state index contributed by atoms with van der Waals surface area (Å²) in [5.41, 5.74) is 3.55. The molecule has 0 aliphatic carbocycles. The van der Waals surface area contributed by atoms with Crippen molar-refractivity contribution in [1.82, 2.24) is 14.5 Å². The van der Waals surface area contributed by atoms with Crippen LogP contribution in [0.2, 0.25) is 0 Å². The lowest BCUT2D eigenvalue weighted by Crippen LogP contribution is -2.17. The highest BCUT2D eigenvalue weighted by molar-refractivity contribution is 5.80. The van der Waals surface area contributed by atoms with E-state index < -0.39 is 0 Å². The van der Waals surface area contributed by atoms with Gasteiger partial charge in [0.1, 0.15) is 11.6 Å². The van der Waals surface area contributed by atoms with Crippen LogP contribution in [-0.4, -0.2) is 21.1 Å². The number of rotatable bonds is 5. The predicted molar refractivity (Wildman–Crippen MR) is 102 cm³/mol. The van der Waals surface area contributed by atoms with Crippen molar-refractivity contribution in [2.45, 2.75) is 13.5 Å². The van der Waals surface area contributed by atoms with E-state index in [2.05, 4.69) is 9.97 Å². The van der Waals surface area contributed by atoms with E-state index in [-0.39, 0.29) is 11.5 Å². The van der Waals surface area contributed by atoms with Crippen LogP contribution in [0.4, 0.5) is 4.39 Å². The smallest absolute Gasteiger partial charge is 0.327 e. The molecule has 4 rings (SSSR count). The number of ether oxygens (including phenoxy) is 1. The van der Waals surface area contributed by atoms with Crippen LogP contribution < -0.4 is 10.4 Å². The molecule has 1 N–H and O–H groups in total. The lowest BCUT2D eigenvalue weighted by atomic mass is 10.1. The number of aromatic nitrogens is 3. The van der Waals surface area contributed by atoms with Crippen molar-refractivity contribution < 1.29 is 9.13 Å². The van der Waals surface area contributed by atoms with E-state index in [4.69, 9.17) is 4.74 Å². The molecule has 0 aliphatic heterocycles. The second-order valence-electron chi connectivity index (χ2n) is 6.16. The maximum absolute atomic E-state index is 13.1. The Balaban J connectivity index is 1.80. The van der Waals surface area contributed by atoms with Crippen molar-refractivity contribution in [3.05, 3.63) is 82.7 Å². The summed E-state index contributed by atoms with van der Waals surface area (Å²) in [5, 5.41) is 0. The van der Waals surface area contributed by atoms with Gasteiger partial charge in [-0.1, -0.05) is 30.3 Å². The van der Waals surface area contributed by atoms with Gasteiger partial charge in [-0.05, 0) is 36.8 Å². The minimum Gasteiger partial charge on any atom is -0.493 e. The summed E-state index contributed by atoms with van der Waals surface area (Å²) < 4.78 is 20.4. The number of hydrogen-bond donors (Lipinski definition) is 1. The molecule has 0 fully saturated rings. The monoisotopic (exact) mass is 363 g/mol. The van der Waals surface area contributed by atoms with Gasteiger partial charge >= 0.3 is 5.69 Å². The molecule has 2 aromatic heterocycles. The first-order valence-electron chi connectivity index (χ1n) is 8.71. The predicted octanol–water partition coefficient (Wildman–Crippen LogP) is 3.98. The molecule has 5 nitrogen and oxygen atoms in total. The van der Waals surface area contributed by atoms with Gasteiger partial charge in [0.15, 0.2) is 5.65 Å². The Morgan fingerprint density at radius 1 is 1.15 bits per heavy atom. The Morgan fingerprint density at radius 3 is 2.70 bits per heavy atom. The maximum Gasteiger partial charge on any atom is 0.327 e. The van der Waals surface area contributed by atoms with E-state index in [1.54, 1.807) is 22.9 Å². The van der Waals surface area contributed by atoms with Crippen molar-refractivity contribution in [2.75, 3.05) is 6.61 Å². The molecule has 0 amide bonds. The molecule has 0 atom stereocenters. The third-order valence-electron chi connectivity index (χ3n) is 4.38. The van der Waals surface area contributed by atoms with E-state index >= 15 is 0 Å². The number of hydrogen-bond acceptors (Lipinski definition) is 3. The maximum atomic E-state index is 13.1. The van der Waals surface area contributed by atoms with Crippen LogP contribution in [-0.2, 0) is 6.54 Å². The van der Waals surface area contributed by atoms with E-state index in [1.807, 2.05) is 37.3 Å². The number of nitrogens with one attached hydrogen (secondary N) is 1. The van der Waals surface area contributed by atoms with Crippen LogP contribution >= 0.6 is 0 Å². The Bertz CT molecular complexity index is 1150. The fourth-order valence-corrected chi connectivity index (χ4v) is 3.10. The van der Waals surface area contributed by atoms with Crippen LogP contribution in [0.25, 0.3) is 22.3 Å². The number of fused-ring (bicyclic) bond motifs is 1. The fraction of sp³-hybridized carbons (Fsp3) is 0.143. The molecule has 136 valence electrons. The highest BCUT2D eigenvalue weighted by atomic mass is 19.1. The first-order valence-corrected chi connectivity index (χ1v) is 8.71. The summed E-state index contributed by atoms with van der Waals surface area (Å²) in [6.07, 6.45) is 1.72. The van der Waals surface area contributed by atoms with Gasteiger partial charge in [-0.3, -0.25) is 9.55 Å². The molecular formula is C21H18FN3O2. The molecule has 2 aromatic carbocycles. The van der Waals surface area contributed by atoms with Gasteiger partial charge in [-0.15, -0.1) is 0 Å². The van der Waals surface area contributed by atoms with Crippen LogP contribution in [0, 0.1) is 5.82 Å². The van der Waals surface area contributed by atoms with Gasteiger partial charge < -0.3 is 4.74 Å². The normalized spacial score (nSPS) is 11.0. The molecular weight excluding hydrogens is 345 g/mol. The van der Waals surface area contributed by atoms with E-state index in [9.17, 15) is 9.18 Å². The first-order chi connectivity index (χ1) is 13.2. The zero-order chi connectivity index (χ0) is 18.8. The Morgan fingerprint density at radius 2 is 1.93 bits per heavy atom. The molecule has 0 aliphatic rings. The van der Waals surface area contributed by atoms with E-state index in [1.165, 1.54) is 12.1 Å². The zero-order valence-corrected chi connectivity index (χ0v) is 14.8. The Labute approximate surface area is 155 Å². The Kier molecular flexibility index (Phi) is 4.46. The van der Waals surface area contributed by atoms with Crippen LogP contribution in [0.3, 0.4) is 0 Å². The minimum absolute atomic E-state index is 0.253. The molecule has 0 unspecified atom stereocenters. The minimum atomic E-state index is -0.304. The third-order valence-corrected chi connectivity index (χ3v) is 4.38. The molecule has 0 saturated carbocycles. The Hall–Kier alpha value is -3.41. The summed E-state index contributed by atoms with van der Waals surface area (Å²) in [6.45, 7) is 2.83. The summed E-state index contributed by atoms with van der Waals surface area (Å²) in [7, 11) is 0. The topological polar surface area (TPSA) is 59.9 Å². The molecule has 4 aromatic rings. The first kappa shape index (κ1) is 17.0.